The number of H-pyrrole nitrogens is 1. The van der Waals surface area contributed by atoms with Crippen LogP contribution in [0.3, 0.4) is 0 Å². The molecule has 1 saturated heterocycles. The number of hydrogen-bond acceptors (Lipinski definition) is 3. The highest BCUT2D eigenvalue weighted by Crippen LogP contribution is 2.34. The zero-order valence-corrected chi connectivity index (χ0v) is 20.1. The molecule has 34 heavy (non-hydrogen) atoms. The van der Waals surface area contributed by atoms with Gasteiger partial charge in [0.2, 0.25) is 9.84 Å². The number of fused-ring (bicyclic) bond motifs is 1. The number of nitrogens with zero attached hydrogens (tertiary/aromatic N) is 1. The summed E-state index contributed by atoms with van der Waals surface area (Å²) in [4.78, 5) is 18.6. The van der Waals surface area contributed by atoms with Crippen molar-refractivity contribution < 1.29 is 13.2 Å². The minimum atomic E-state index is -3.94. The number of aromatic nitrogens is 1. The number of amides is 1. The topological polar surface area (TPSA) is 70.2 Å². The van der Waals surface area contributed by atoms with Crippen molar-refractivity contribution in [2.45, 2.75) is 29.1 Å². The van der Waals surface area contributed by atoms with E-state index >= 15 is 0 Å². The molecule has 1 aliphatic rings. The fourth-order valence-corrected chi connectivity index (χ4v) is 6.45. The number of sulfone groups is 1. The van der Waals surface area contributed by atoms with Gasteiger partial charge in [-0.1, -0.05) is 60.1 Å². The summed E-state index contributed by atoms with van der Waals surface area (Å²) in [5.41, 5.74) is 2.05. The third kappa shape index (κ3) is 4.36. The van der Waals surface area contributed by atoms with Crippen molar-refractivity contribution in [3.05, 3.63) is 95.1 Å². The number of benzene rings is 3. The summed E-state index contributed by atoms with van der Waals surface area (Å²) >= 11 is 5.97. The van der Waals surface area contributed by atoms with Gasteiger partial charge in [-0.3, -0.25) is 4.79 Å². The zero-order chi connectivity index (χ0) is 23.7. The van der Waals surface area contributed by atoms with Crippen molar-refractivity contribution in [3.8, 4) is 0 Å². The van der Waals surface area contributed by atoms with Gasteiger partial charge in [0, 0.05) is 29.0 Å². The lowest BCUT2D eigenvalue weighted by atomic mass is 9.90. The molecule has 7 heteroatoms. The third-order valence-corrected chi connectivity index (χ3v) is 8.64. The number of halogens is 1. The SMILES string of the molecule is O=C(c1[nH]c2ccccc2c1S(=O)(=O)c1ccc(Cl)cc1)N1CCC(Cc2ccccc2)CC1. The first-order valence-electron chi connectivity index (χ1n) is 11.4. The first kappa shape index (κ1) is 22.7. The van der Waals surface area contributed by atoms with Crippen LogP contribution in [-0.4, -0.2) is 37.3 Å². The molecule has 5 rings (SSSR count). The molecule has 0 bridgehead atoms. The molecule has 1 aliphatic heterocycles. The smallest absolute Gasteiger partial charge is 0.271 e. The first-order valence-corrected chi connectivity index (χ1v) is 13.2. The number of rotatable bonds is 5. The van der Waals surface area contributed by atoms with Crippen LogP contribution >= 0.6 is 11.6 Å². The van der Waals surface area contributed by atoms with Gasteiger partial charge in [0.15, 0.2) is 0 Å². The fourth-order valence-electron chi connectivity index (χ4n) is 4.72. The minimum Gasteiger partial charge on any atom is -0.349 e. The Labute approximate surface area is 204 Å². The van der Waals surface area contributed by atoms with Crippen molar-refractivity contribution in [2.75, 3.05) is 13.1 Å². The number of hydrogen-bond donors (Lipinski definition) is 1. The van der Waals surface area contributed by atoms with Crippen LogP contribution in [0.25, 0.3) is 10.9 Å². The van der Waals surface area contributed by atoms with Crippen molar-refractivity contribution in [3.63, 3.8) is 0 Å². The van der Waals surface area contributed by atoms with Crippen LogP contribution in [0.5, 0.6) is 0 Å². The van der Waals surface area contributed by atoms with Crippen molar-refractivity contribution in [1.82, 2.24) is 9.88 Å². The lowest BCUT2D eigenvalue weighted by Gasteiger charge is -2.32. The average molecular weight is 493 g/mol. The number of aromatic amines is 1. The number of carbonyl (C=O) groups is 1. The predicted octanol–water partition coefficient (Wildman–Crippen LogP) is 5.75. The number of likely N-dealkylation sites (tertiary alicyclic amines) is 1. The zero-order valence-electron chi connectivity index (χ0n) is 18.6. The van der Waals surface area contributed by atoms with Crippen LogP contribution < -0.4 is 0 Å². The molecule has 1 amide bonds. The molecule has 0 spiro atoms. The number of nitrogens with one attached hydrogen (secondary N) is 1. The van der Waals surface area contributed by atoms with E-state index in [0.29, 0.717) is 34.9 Å². The van der Waals surface area contributed by atoms with Gasteiger partial charge < -0.3 is 9.88 Å². The van der Waals surface area contributed by atoms with Gasteiger partial charge in [0.25, 0.3) is 5.91 Å². The Morgan fingerprint density at radius 1 is 0.912 bits per heavy atom. The van der Waals surface area contributed by atoms with E-state index < -0.39 is 9.84 Å². The van der Waals surface area contributed by atoms with Gasteiger partial charge in [-0.25, -0.2) is 8.42 Å². The molecule has 1 aromatic heterocycles. The summed E-state index contributed by atoms with van der Waals surface area (Å²) < 4.78 is 27.3. The van der Waals surface area contributed by atoms with Gasteiger partial charge in [-0.2, -0.15) is 0 Å². The first-order chi connectivity index (χ1) is 16.4. The summed E-state index contributed by atoms with van der Waals surface area (Å²) in [6.07, 6.45) is 2.77. The average Bonchev–Trinajstić information content (AvgIpc) is 3.25. The Hall–Kier alpha value is -3.09. The molecule has 1 fully saturated rings. The van der Waals surface area contributed by atoms with E-state index in [0.717, 1.165) is 19.3 Å². The second-order valence-electron chi connectivity index (χ2n) is 8.76. The van der Waals surface area contributed by atoms with E-state index in [4.69, 9.17) is 11.6 Å². The minimum absolute atomic E-state index is 0.0295. The molecule has 0 radical (unpaired) electrons. The molecule has 2 heterocycles. The second-order valence-corrected chi connectivity index (χ2v) is 11.1. The van der Waals surface area contributed by atoms with Gasteiger partial charge in [-0.05, 0) is 61.1 Å². The lowest BCUT2D eigenvalue weighted by Crippen LogP contribution is -2.39. The van der Waals surface area contributed by atoms with Gasteiger partial charge in [-0.15, -0.1) is 0 Å². The number of piperidine rings is 1. The highest BCUT2D eigenvalue weighted by atomic mass is 35.5. The maximum absolute atomic E-state index is 13.6. The summed E-state index contributed by atoms with van der Waals surface area (Å²) in [7, 11) is -3.94. The van der Waals surface area contributed by atoms with E-state index in [1.165, 1.54) is 17.7 Å². The molecule has 0 unspecified atom stereocenters. The molecule has 174 valence electrons. The van der Waals surface area contributed by atoms with Gasteiger partial charge in [0.1, 0.15) is 10.6 Å². The summed E-state index contributed by atoms with van der Waals surface area (Å²) in [6.45, 7) is 1.21. The molecular formula is C27H25ClN2O3S. The molecular weight excluding hydrogens is 468 g/mol. The number of carbonyl (C=O) groups excluding carboxylic acids is 1. The predicted molar refractivity (Wildman–Crippen MR) is 134 cm³/mol. The van der Waals surface area contributed by atoms with Crippen LogP contribution in [0.4, 0.5) is 0 Å². The summed E-state index contributed by atoms with van der Waals surface area (Å²) in [6, 6.07) is 23.5. The van der Waals surface area contributed by atoms with Crippen molar-refractivity contribution in [2.24, 2.45) is 5.92 Å². The molecule has 3 aromatic carbocycles. The number of para-hydroxylation sites is 1. The van der Waals surface area contributed by atoms with Crippen molar-refractivity contribution in [1.29, 1.82) is 0 Å². The highest BCUT2D eigenvalue weighted by molar-refractivity contribution is 7.91. The van der Waals surface area contributed by atoms with Gasteiger partial charge >= 0.3 is 0 Å². The Morgan fingerprint density at radius 3 is 2.26 bits per heavy atom. The summed E-state index contributed by atoms with van der Waals surface area (Å²) in [5.74, 6) is 0.230. The largest absolute Gasteiger partial charge is 0.349 e. The van der Waals surface area contributed by atoms with E-state index in [2.05, 4.69) is 17.1 Å². The normalized spacial score (nSPS) is 15.0. The quantitative estimate of drug-likeness (QED) is 0.385. The molecule has 0 atom stereocenters. The van der Waals surface area contributed by atoms with Crippen LogP contribution in [0, 0.1) is 5.92 Å². The second kappa shape index (κ2) is 9.28. The molecule has 1 N–H and O–H groups in total. The fraction of sp³-hybridized carbons (Fsp3) is 0.222. The van der Waals surface area contributed by atoms with Crippen LogP contribution in [0.15, 0.2) is 88.7 Å². The monoisotopic (exact) mass is 492 g/mol. The Morgan fingerprint density at radius 2 is 1.56 bits per heavy atom. The molecule has 0 saturated carbocycles. The summed E-state index contributed by atoms with van der Waals surface area (Å²) in [5, 5.41) is 0.965. The Kier molecular flexibility index (Phi) is 6.19. The maximum Gasteiger partial charge on any atom is 0.271 e. The van der Waals surface area contributed by atoms with E-state index in [1.54, 1.807) is 35.2 Å². The maximum atomic E-state index is 13.6. The Balaban J connectivity index is 1.44. The van der Waals surface area contributed by atoms with Crippen molar-refractivity contribution >= 4 is 38.2 Å². The van der Waals surface area contributed by atoms with Gasteiger partial charge in [0.05, 0.1) is 4.90 Å². The third-order valence-electron chi connectivity index (χ3n) is 6.53. The van der Waals surface area contributed by atoms with E-state index in [9.17, 15) is 13.2 Å². The molecule has 4 aromatic rings. The van der Waals surface area contributed by atoms with Crippen LogP contribution in [0.2, 0.25) is 5.02 Å². The Bertz CT molecular complexity index is 1420. The van der Waals surface area contributed by atoms with Crippen LogP contribution in [0.1, 0.15) is 28.9 Å². The standard InChI is InChI=1S/C27H25ClN2O3S/c28-21-10-12-22(13-11-21)34(32,33)26-23-8-4-5-9-24(23)29-25(26)27(31)30-16-14-20(15-17-30)18-19-6-2-1-3-7-19/h1-13,20,29H,14-18H2. The molecule has 5 nitrogen and oxygen atoms in total. The highest BCUT2D eigenvalue weighted by Gasteiger charge is 2.33. The molecule has 0 aliphatic carbocycles. The lowest BCUT2D eigenvalue weighted by molar-refractivity contribution is 0.0681. The van der Waals surface area contributed by atoms with E-state index in [-0.39, 0.29) is 21.4 Å². The van der Waals surface area contributed by atoms with Crippen LogP contribution in [-0.2, 0) is 16.3 Å². The van der Waals surface area contributed by atoms with E-state index in [1.807, 2.05) is 24.3 Å².